The molecule has 1 aromatic carbocycles. The molecule has 136 valence electrons. The van der Waals surface area contributed by atoms with E-state index in [1.165, 1.54) is 12.8 Å². The van der Waals surface area contributed by atoms with Gasteiger partial charge in [0.05, 0.1) is 6.10 Å². The van der Waals surface area contributed by atoms with Crippen molar-refractivity contribution < 1.29 is 9.90 Å². The van der Waals surface area contributed by atoms with E-state index in [1.54, 1.807) is 12.1 Å². The number of primary amides is 1. The van der Waals surface area contributed by atoms with Crippen molar-refractivity contribution in [3.05, 3.63) is 35.4 Å². The molecule has 3 heteroatoms. The third-order valence-corrected chi connectivity index (χ3v) is 6.36. The summed E-state index contributed by atoms with van der Waals surface area (Å²) in [6.45, 7) is 12.9. The molecule has 3 nitrogen and oxygen atoms in total. The van der Waals surface area contributed by atoms with E-state index in [4.69, 9.17) is 5.73 Å². The highest BCUT2D eigenvalue weighted by Gasteiger charge is 2.62. The van der Waals surface area contributed by atoms with Crippen LogP contribution in [0.2, 0.25) is 0 Å². The maximum absolute atomic E-state index is 10.5. The number of aryl methyl sites for hydroxylation is 1. The Balaban J connectivity index is 0.000000221. The Labute approximate surface area is 147 Å². The van der Waals surface area contributed by atoms with Crippen LogP contribution in [0.5, 0.6) is 0 Å². The minimum atomic E-state index is -0.375. The number of carbonyl (C=O) groups excluding carboxylic acids is 1. The van der Waals surface area contributed by atoms with Crippen LogP contribution in [0.1, 0.15) is 76.2 Å². The summed E-state index contributed by atoms with van der Waals surface area (Å²) in [5.74, 6) is 0.410. The van der Waals surface area contributed by atoms with Gasteiger partial charge < -0.3 is 10.8 Å². The quantitative estimate of drug-likeness (QED) is 0.823. The molecule has 1 amide bonds. The zero-order valence-corrected chi connectivity index (χ0v) is 16.2. The minimum Gasteiger partial charge on any atom is -0.393 e. The Morgan fingerprint density at radius 1 is 1.25 bits per heavy atom. The zero-order chi connectivity index (χ0) is 18.5. The average Bonchev–Trinajstić information content (AvgIpc) is 2.92. The lowest BCUT2D eigenvalue weighted by Crippen LogP contribution is -2.37. The molecule has 3 N–H and O–H groups in total. The summed E-state index contributed by atoms with van der Waals surface area (Å²) in [5, 5.41) is 10.0. The number of hydrogen-bond donors (Lipinski definition) is 2. The maximum Gasteiger partial charge on any atom is 0.248 e. The molecule has 2 bridgehead atoms. The van der Waals surface area contributed by atoms with Gasteiger partial charge in [0.15, 0.2) is 0 Å². The van der Waals surface area contributed by atoms with Crippen molar-refractivity contribution in [3.8, 4) is 0 Å². The van der Waals surface area contributed by atoms with Gasteiger partial charge in [0.1, 0.15) is 0 Å². The number of rotatable bonds is 2. The Hall–Kier alpha value is -1.35. The highest BCUT2D eigenvalue weighted by molar-refractivity contribution is 5.92. The molecule has 2 aliphatic carbocycles. The third kappa shape index (κ3) is 3.66. The van der Waals surface area contributed by atoms with E-state index in [9.17, 15) is 9.90 Å². The second-order valence-electron chi connectivity index (χ2n) is 7.45. The maximum atomic E-state index is 10.5. The van der Waals surface area contributed by atoms with E-state index in [0.717, 1.165) is 24.3 Å². The lowest BCUT2D eigenvalue weighted by atomic mass is 9.67. The van der Waals surface area contributed by atoms with Crippen LogP contribution in [0.25, 0.3) is 0 Å². The van der Waals surface area contributed by atoms with Gasteiger partial charge in [-0.15, -0.1) is 0 Å². The predicted molar refractivity (Wildman–Crippen MR) is 101 cm³/mol. The summed E-state index contributed by atoms with van der Waals surface area (Å²) in [5.41, 5.74) is 7.37. The Bertz CT molecular complexity index is 535. The number of carbonyl (C=O) groups is 1. The monoisotopic (exact) mass is 333 g/mol. The molecular formula is C21H35NO2. The number of aliphatic hydroxyl groups excluding tert-OH is 1. The van der Waals surface area contributed by atoms with E-state index >= 15 is 0 Å². The van der Waals surface area contributed by atoms with Gasteiger partial charge in [-0.25, -0.2) is 0 Å². The van der Waals surface area contributed by atoms with Gasteiger partial charge in [-0.2, -0.15) is 0 Å². The molecule has 0 heterocycles. The number of aliphatic hydroxyl groups is 1. The highest BCUT2D eigenvalue weighted by atomic mass is 16.3. The standard InChI is InChI=1S/C11H20O.C8H9NO.C2H6/c1-4-11-6-5-8(7-9(11)12)10(11,2)3;1-6-2-4-7(5-3-6)8(9)10;1-2/h8-9,12H,4-7H2,1-3H3;2-5H,1H3,(H2,9,10);1-2H3. The van der Waals surface area contributed by atoms with Crippen LogP contribution in [0.4, 0.5) is 0 Å². The molecule has 0 radical (unpaired) electrons. The fourth-order valence-corrected chi connectivity index (χ4v) is 4.61. The number of amides is 1. The summed E-state index contributed by atoms with van der Waals surface area (Å²) in [6, 6.07) is 7.16. The first-order valence-electron chi connectivity index (χ1n) is 9.29. The van der Waals surface area contributed by atoms with Crippen LogP contribution in [0.3, 0.4) is 0 Å². The van der Waals surface area contributed by atoms with Gasteiger partial charge in [0.2, 0.25) is 5.91 Å². The molecule has 0 aliphatic heterocycles. The minimum absolute atomic E-state index is 0.0174. The van der Waals surface area contributed by atoms with Gasteiger partial charge in [-0.05, 0) is 56.1 Å². The number of benzene rings is 1. The summed E-state index contributed by atoms with van der Waals surface area (Å²) in [4.78, 5) is 10.5. The molecule has 3 atom stereocenters. The first-order valence-corrected chi connectivity index (χ1v) is 9.29. The molecule has 2 saturated carbocycles. The second-order valence-corrected chi connectivity index (χ2v) is 7.45. The molecule has 2 aliphatic rings. The summed E-state index contributed by atoms with van der Waals surface area (Å²) >= 11 is 0. The van der Waals surface area contributed by atoms with Gasteiger partial charge in [0.25, 0.3) is 0 Å². The van der Waals surface area contributed by atoms with Gasteiger partial charge in [-0.1, -0.05) is 52.3 Å². The number of hydrogen-bond acceptors (Lipinski definition) is 2. The number of nitrogens with two attached hydrogens (primary N) is 1. The fraction of sp³-hybridized carbons (Fsp3) is 0.667. The lowest BCUT2D eigenvalue weighted by Gasteiger charge is -2.39. The van der Waals surface area contributed by atoms with Crippen molar-refractivity contribution in [2.75, 3.05) is 0 Å². The van der Waals surface area contributed by atoms with Gasteiger partial charge in [-0.3, -0.25) is 4.79 Å². The van der Waals surface area contributed by atoms with E-state index in [1.807, 2.05) is 32.9 Å². The topological polar surface area (TPSA) is 63.3 Å². The fourth-order valence-electron chi connectivity index (χ4n) is 4.61. The van der Waals surface area contributed by atoms with Crippen LogP contribution >= 0.6 is 0 Å². The van der Waals surface area contributed by atoms with Crippen LogP contribution in [-0.2, 0) is 0 Å². The van der Waals surface area contributed by atoms with Crippen LogP contribution in [0, 0.1) is 23.7 Å². The average molecular weight is 334 g/mol. The van der Waals surface area contributed by atoms with E-state index in [0.29, 0.717) is 11.0 Å². The summed E-state index contributed by atoms with van der Waals surface area (Å²) in [6.07, 6.45) is 4.79. The van der Waals surface area contributed by atoms with Gasteiger partial charge >= 0.3 is 0 Å². The van der Waals surface area contributed by atoms with Crippen molar-refractivity contribution >= 4 is 5.91 Å². The van der Waals surface area contributed by atoms with Crippen molar-refractivity contribution in [1.29, 1.82) is 0 Å². The van der Waals surface area contributed by atoms with Crippen molar-refractivity contribution in [1.82, 2.24) is 0 Å². The van der Waals surface area contributed by atoms with Crippen LogP contribution < -0.4 is 5.73 Å². The van der Waals surface area contributed by atoms with E-state index < -0.39 is 0 Å². The molecule has 3 rings (SSSR count). The van der Waals surface area contributed by atoms with Crippen LogP contribution in [-0.4, -0.2) is 17.1 Å². The molecule has 0 aromatic heterocycles. The Morgan fingerprint density at radius 3 is 2.08 bits per heavy atom. The van der Waals surface area contributed by atoms with Crippen molar-refractivity contribution in [3.63, 3.8) is 0 Å². The Morgan fingerprint density at radius 2 is 1.79 bits per heavy atom. The molecular weight excluding hydrogens is 298 g/mol. The van der Waals surface area contributed by atoms with Crippen LogP contribution in [0.15, 0.2) is 24.3 Å². The zero-order valence-electron chi connectivity index (χ0n) is 16.2. The van der Waals surface area contributed by atoms with Crippen molar-refractivity contribution in [2.24, 2.45) is 22.5 Å². The molecule has 0 saturated heterocycles. The molecule has 1 aromatic rings. The predicted octanol–water partition coefficient (Wildman–Crippen LogP) is 4.70. The molecule has 2 fully saturated rings. The van der Waals surface area contributed by atoms with E-state index in [2.05, 4.69) is 20.8 Å². The normalized spacial score (nSPS) is 29.1. The van der Waals surface area contributed by atoms with E-state index in [-0.39, 0.29) is 17.4 Å². The van der Waals surface area contributed by atoms with Crippen molar-refractivity contribution in [2.45, 2.75) is 73.3 Å². The smallest absolute Gasteiger partial charge is 0.248 e. The summed E-state index contributed by atoms with van der Waals surface area (Å²) in [7, 11) is 0. The summed E-state index contributed by atoms with van der Waals surface area (Å²) < 4.78 is 0. The van der Waals surface area contributed by atoms with Gasteiger partial charge in [0, 0.05) is 11.0 Å². The third-order valence-electron chi connectivity index (χ3n) is 6.36. The largest absolute Gasteiger partial charge is 0.393 e. The number of fused-ring (bicyclic) bond motifs is 2. The SMILES string of the molecule is CC.CCC12CCC(CC1O)C2(C)C.Cc1ccc(C(N)=O)cc1. The molecule has 3 unspecified atom stereocenters. The second kappa shape index (κ2) is 8.15. The molecule has 24 heavy (non-hydrogen) atoms. The molecule has 0 spiro atoms. The lowest BCUT2D eigenvalue weighted by molar-refractivity contribution is -0.00623. The first-order chi connectivity index (χ1) is 11.2. The highest BCUT2D eigenvalue weighted by Crippen LogP contribution is 2.66. The Kier molecular flexibility index (Phi) is 7.03. The first kappa shape index (κ1) is 20.7.